The summed E-state index contributed by atoms with van der Waals surface area (Å²) in [5, 5.41) is 2.22. The molecule has 1 aliphatic rings. The second-order valence-electron chi connectivity index (χ2n) is 5.62. The predicted molar refractivity (Wildman–Crippen MR) is 95.2 cm³/mol. The average Bonchev–Trinajstić information content (AvgIpc) is 2.93. The summed E-state index contributed by atoms with van der Waals surface area (Å²) in [6, 6.07) is 4.86. The summed E-state index contributed by atoms with van der Waals surface area (Å²) in [6.45, 7) is 3.47. The number of benzene rings is 1. The van der Waals surface area contributed by atoms with Crippen LogP contribution in [0.4, 0.5) is 4.79 Å². The van der Waals surface area contributed by atoms with Crippen molar-refractivity contribution in [1.29, 1.82) is 0 Å². The van der Waals surface area contributed by atoms with E-state index in [4.69, 9.17) is 9.47 Å². The molecule has 0 aromatic heterocycles. The number of carbonyl (C=O) groups is 4. The van der Waals surface area contributed by atoms with Gasteiger partial charge in [-0.1, -0.05) is 17.8 Å². The molecule has 1 atom stereocenters. The zero-order valence-electron chi connectivity index (χ0n) is 14.7. The molecule has 1 aromatic carbocycles. The Morgan fingerprint density at radius 1 is 1.35 bits per heavy atom. The molecular formula is C17H20N2O6S. The van der Waals surface area contributed by atoms with Crippen LogP contribution >= 0.6 is 11.8 Å². The first-order valence-electron chi connectivity index (χ1n) is 7.94. The van der Waals surface area contributed by atoms with E-state index < -0.39 is 18.0 Å². The minimum absolute atomic E-state index is 0.0895. The Labute approximate surface area is 155 Å². The van der Waals surface area contributed by atoms with Crippen molar-refractivity contribution in [3.8, 4) is 5.75 Å². The van der Waals surface area contributed by atoms with Crippen LogP contribution in [0.25, 0.3) is 0 Å². The van der Waals surface area contributed by atoms with E-state index in [1.165, 1.54) is 14.0 Å². The Morgan fingerprint density at radius 3 is 2.69 bits per heavy atom. The molecule has 2 rings (SSSR count). The number of ether oxygens (including phenoxy) is 2. The number of thioether (sulfide) groups is 1. The predicted octanol–water partition coefficient (Wildman–Crippen LogP) is 1.36. The monoisotopic (exact) mass is 380 g/mol. The summed E-state index contributed by atoms with van der Waals surface area (Å²) in [5.41, 5.74) is 1.15. The summed E-state index contributed by atoms with van der Waals surface area (Å²) < 4.78 is 10.3. The van der Waals surface area contributed by atoms with Gasteiger partial charge in [0.25, 0.3) is 11.1 Å². The maximum atomic E-state index is 12.1. The van der Waals surface area contributed by atoms with Gasteiger partial charge in [-0.25, -0.2) is 4.79 Å². The van der Waals surface area contributed by atoms with Gasteiger partial charge < -0.3 is 14.8 Å². The third kappa shape index (κ3) is 4.75. The highest BCUT2D eigenvalue weighted by atomic mass is 32.2. The molecule has 0 aliphatic carbocycles. The van der Waals surface area contributed by atoms with E-state index in [1.807, 2.05) is 6.92 Å². The number of aryl methyl sites for hydroxylation is 1. The number of rotatable bonds is 7. The number of hydrogen-bond donors (Lipinski definition) is 1. The van der Waals surface area contributed by atoms with Crippen molar-refractivity contribution in [2.45, 2.75) is 20.0 Å². The molecule has 0 saturated carbocycles. The van der Waals surface area contributed by atoms with E-state index in [0.29, 0.717) is 5.75 Å². The SMILES string of the molecule is COc1cc(C(=O)O[C@H](C)C(=O)NCCN2C(=O)CSC2=O)ccc1C. The van der Waals surface area contributed by atoms with E-state index in [0.717, 1.165) is 22.2 Å². The first-order chi connectivity index (χ1) is 12.3. The van der Waals surface area contributed by atoms with Crippen LogP contribution in [0.5, 0.6) is 5.75 Å². The van der Waals surface area contributed by atoms with Crippen LogP contribution in [0, 0.1) is 6.92 Å². The number of nitrogens with zero attached hydrogens (tertiary/aromatic N) is 1. The normalized spacial score (nSPS) is 15.0. The summed E-state index contributed by atoms with van der Waals surface area (Å²) in [5.74, 6) is -0.756. The molecule has 26 heavy (non-hydrogen) atoms. The smallest absolute Gasteiger partial charge is 0.339 e. The summed E-state index contributed by atoms with van der Waals surface area (Å²) in [7, 11) is 1.50. The maximum Gasteiger partial charge on any atom is 0.339 e. The molecule has 9 heteroatoms. The quantitative estimate of drug-likeness (QED) is 0.713. The third-order valence-electron chi connectivity index (χ3n) is 3.77. The highest BCUT2D eigenvalue weighted by Gasteiger charge is 2.29. The highest BCUT2D eigenvalue weighted by molar-refractivity contribution is 8.14. The van der Waals surface area contributed by atoms with E-state index in [1.54, 1.807) is 18.2 Å². The van der Waals surface area contributed by atoms with Gasteiger partial charge in [0, 0.05) is 13.1 Å². The number of carbonyl (C=O) groups excluding carboxylic acids is 4. The second-order valence-corrected chi connectivity index (χ2v) is 6.55. The van der Waals surface area contributed by atoms with E-state index in [9.17, 15) is 19.2 Å². The zero-order chi connectivity index (χ0) is 19.3. The van der Waals surface area contributed by atoms with Crippen LogP contribution in [-0.2, 0) is 14.3 Å². The Hall–Kier alpha value is -2.55. The van der Waals surface area contributed by atoms with Crippen LogP contribution in [0.1, 0.15) is 22.8 Å². The van der Waals surface area contributed by atoms with Gasteiger partial charge in [0.15, 0.2) is 6.10 Å². The van der Waals surface area contributed by atoms with Crippen LogP contribution in [-0.4, -0.2) is 60.0 Å². The number of nitrogens with one attached hydrogen (secondary N) is 1. The fourth-order valence-corrected chi connectivity index (χ4v) is 3.01. The summed E-state index contributed by atoms with van der Waals surface area (Å²) in [4.78, 5) is 48.2. The number of imide groups is 1. The lowest BCUT2D eigenvalue weighted by molar-refractivity contribution is -0.130. The Kier molecular flexibility index (Phi) is 6.62. The number of methoxy groups -OCH3 is 1. The van der Waals surface area contributed by atoms with Crippen molar-refractivity contribution in [1.82, 2.24) is 10.2 Å². The molecule has 0 radical (unpaired) electrons. The Bertz CT molecular complexity index is 720. The lowest BCUT2D eigenvalue weighted by Crippen LogP contribution is -2.41. The van der Waals surface area contributed by atoms with Gasteiger partial charge in [-0.3, -0.25) is 19.3 Å². The highest BCUT2D eigenvalue weighted by Crippen LogP contribution is 2.20. The van der Waals surface area contributed by atoms with E-state index >= 15 is 0 Å². The second kappa shape index (κ2) is 8.70. The third-order valence-corrected chi connectivity index (χ3v) is 4.63. The van der Waals surface area contributed by atoms with Crippen LogP contribution in [0.3, 0.4) is 0 Å². The number of hydrogen-bond acceptors (Lipinski definition) is 7. The topological polar surface area (TPSA) is 102 Å². The van der Waals surface area contributed by atoms with Gasteiger partial charge in [0.2, 0.25) is 5.91 Å². The Morgan fingerprint density at radius 2 is 2.08 bits per heavy atom. The van der Waals surface area contributed by atoms with Gasteiger partial charge >= 0.3 is 5.97 Å². The molecule has 1 heterocycles. The molecular weight excluding hydrogens is 360 g/mol. The largest absolute Gasteiger partial charge is 0.496 e. The lowest BCUT2D eigenvalue weighted by atomic mass is 10.1. The Balaban J connectivity index is 1.83. The molecule has 0 spiro atoms. The van der Waals surface area contributed by atoms with E-state index in [-0.39, 0.29) is 35.6 Å². The molecule has 1 aliphatic heterocycles. The molecule has 8 nitrogen and oxygen atoms in total. The van der Waals surface area contributed by atoms with Gasteiger partial charge in [0.05, 0.1) is 18.4 Å². The number of esters is 1. The van der Waals surface area contributed by atoms with Crippen molar-refractivity contribution < 1.29 is 28.7 Å². The molecule has 1 fully saturated rings. The lowest BCUT2D eigenvalue weighted by Gasteiger charge is -2.16. The molecule has 0 unspecified atom stereocenters. The van der Waals surface area contributed by atoms with Crippen molar-refractivity contribution in [2.24, 2.45) is 0 Å². The van der Waals surface area contributed by atoms with Crippen molar-refractivity contribution in [2.75, 3.05) is 26.0 Å². The summed E-state index contributed by atoms with van der Waals surface area (Å²) in [6.07, 6.45) is -1.02. The van der Waals surface area contributed by atoms with Gasteiger partial charge in [-0.15, -0.1) is 0 Å². The van der Waals surface area contributed by atoms with Gasteiger partial charge in [0.1, 0.15) is 5.75 Å². The molecule has 3 amide bonds. The fraction of sp³-hybridized carbons (Fsp3) is 0.412. The molecule has 1 saturated heterocycles. The first-order valence-corrected chi connectivity index (χ1v) is 8.92. The molecule has 1 aromatic rings. The minimum atomic E-state index is -1.02. The van der Waals surface area contributed by atoms with Gasteiger partial charge in [-0.05, 0) is 31.5 Å². The molecule has 0 bridgehead atoms. The standard InChI is InChI=1S/C17H20N2O6S/c1-10-4-5-12(8-13(10)24-3)16(22)25-11(2)15(21)18-6-7-19-14(20)9-26-17(19)23/h4-5,8,11H,6-7,9H2,1-3H3,(H,18,21)/t11-/m1/s1. The van der Waals surface area contributed by atoms with Crippen LogP contribution < -0.4 is 10.1 Å². The first kappa shape index (κ1) is 19.8. The average molecular weight is 380 g/mol. The minimum Gasteiger partial charge on any atom is -0.496 e. The van der Waals surface area contributed by atoms with Crippen LogP contribution in [0.2, 0.25) is 0 Å². The molecule has 1 N–H and O–H groups in total. The maximum absolute atomic E-state index is 12.1. The van der Waals surface area contributed by atoms with Crippen molar-refractivity contribution >= 4 is 34.8 Å². The van der Waals surface area contributed by atoms with Crippen LogP contribution in [0.15, 0.2) is 18.2 Å². The van der Waals surface area contributed by atoms with Crippen molar-refractivity contribution in [3.63, 3.8) is 0 Å². The van der Waals surface area contributed by atoms with Gasteiger partial charge in [-0.2, -0.15) is 0 Å². The summed E-state index contributed by atoms with van der Waals surface area (Å²) >= 11 is 0.934. The zero-order valence-corrected chi connectivity index (χ0v) is 15.6. The van der Waals surface area contributed by atoms with E-state index in [2.05, 4.69) is 5.32 Å². The number of amides is 3. The van der Waals surface area contributed by atoms with Crippen molar-refractivity contribution in [3.05, 3.63) is 29.3 Å². The molecule has 140 valence electrons. The fourth-order valence-electron chi connectivity index (χ4n) is 2.26.